The SMILES string of the molecule is Cc1cccc(CN2CCC(Nc3ncccc3C(=O)N3CCCCC3)CC2)c1. The van der Waals surface area contributed by atoms with Crippen molar-refractivity contribution in [3.05, 3.63) is 59.3 Å². The fraction of sp³-hybridized carbons (Fsp3) is 0.500. The van der Waals surface area contributed by atoms with Crippen molar-refractivity contribution in [2.45, 2.75) is 51.6 Å². The van der Waals surface area contributed by atoms with E-state index in [-0.39, 0.29) is 5.91 Å². The standard InChI is InChI=1S/C24H32N4O/c1-19-7-5-8-20(17-19)18-27-15-10-21(11-16-27)26-23-22(9-6-12-25-23)24(29)28-13-3-2-4-14-28/h5-9,12,17,21H,2-4,10-11,13-16,18H2,1H3,(H,25,26). The molecule has 2 fully saturated rings. The maximum atomic E-state index is 13.0. The lowest BCUT2D eigenvalue weighted by molar-refractivity contribution is 0.0725. The minimum absolute atomic E-state index is 0.122. The molecule has 1 N–H and O–H groups in total. The number of carbonyl (C=O) groups is 1. The summed E-state index contributed by atoms with van der Waals surface area (Å²) in [6.07, 6.45) is 7.35. The second-order valence-electron chi connectivity index (χ2n) is 8.44. The maximum Gasteiger partial charge on any atom is 0.257 e. The van der Waals surface area contributed by atoms with Crippen LogP contribution in [-0.4, -0.2) is 52.9 Å². The number of rotatable bonds is 5. The van der Waals surface area contributed by atoms with Gasteiger partial charge in [0.1, 0.15) is 5.82 Å². The van der Waals surface area contributed by atoms with Crippen molar-refractivity contribution in [2.24, 2.45) is 0 Å². The third kappa shape index (κ3) is 5.15. The van der Waals surface area contributed by atoms with Crippen LogP contribution in [-0.2, 0) is 6.54 Å². The Morgan fingerprint density at radius 1 is 1.07 bits per heavy atom. The van der Waals surface area contributed by atoms with Gasteiger partial charge in [-0.1, -0.05) is 29.8 Å². The van der Waals surface area contributed by atoms with Crippen LogP contribution >= 0.6 is 0 Å². The molecular formula is C24H32N4O. The van der Waals surface area contributed by atoms with Crippen LogP contribution < -0.4 is 5.32 Å². The summed E-state index contributed by atoms with van der Waals surface area (Å²) >= 11 is 0. The van der Waals surface area contributed by atoms with Gasteiger partial charge < -0.3 is 10.2 Å². The highest BCUT2D eigenvalue weighted by atomic mass is 16.2. The Morgan fingerprint density at radius 2 is 1.86 bits per heavy atom. The highest BCUT2D eigenvalue weighted by molar-refractivity contribution is 5.98. The molecule has 29 heavy (non-hydrogen) atoms. The lowest BCUT2D eigenvalue weighted by Gasteiger charge is -2.33. The molecule has 0 aliphatic carbocycles. The molecule has 1 aromatic heterocycles. The Labute approximate surface area is 174 Å². The van der Waals surface area contributed by atoms with Gasteiger partial charge in [0, 0.05) is 45.0 Å². The van der Waals surface area contributed by atoms with E-state index in [1.807, 2.05) is 17.0 Å². The average Bonchev–Trinajstić information content (AvgIpc) is 2.76. The number of hydrogen-bond donors (Lipinski definition) is 1. The van der Waals surface area contributed by atoms with Crippen molar-refractivity contribution in [1.29, 1.82) is 0 Å². The number of carbonyl (C=O) groups excluding carboxylic acids is 1. The molecule has 0 unspecified atom stereocenters. The van der Waals surface area contributed by atoms with E-state index in [9.17, 15) is 4.79 Å². The van der Waals surface area contributed by atoms with Gasteiger partial charge in [0.15, 0.2) is 0 Å². The molecule has 5 heteroatoms. The fourth-order valence-electron chi connectivity index (χ4n) is 4.46. The topological polar surface area (TPSA) is 48.5 Å². The van der Waals surface area contributed by atoms with Crippen molar-refractivity contribution in [1.82, 2.24) is 14.8 Å². The van der Waals surface area contributed by atoms with Crippen LogP contribution in [0.15, 0.2) is 42.6 Å². The molecule has 154 valence electrons. The zero-order chi connectivity index (χ0) is 20.1. The third-order valence-electron chi connectivity index (χ3n) is 6.10. The number of nitrogens with one attached hydrogen (secondary N) is 1. The van der Waals surface area contributed by atoms with E-state index >= 15 is 0 Å². The number of aromatic nitrogens is 1. The zero-order valence-corrected chi connectivity index (χ0v) is 17.4. The summed E-state index contributed by atoms with van der Waals surface area (Å²) in [5.41, 5.74) is 3.42. The van der Waals surface area contributed by atoms with Crippen molar-refractivity contribution in [3.8, 4) is 0 Å². The van der Waals surface area contributed by atoms with Gasteiger partial charge in [-0.3, -0.25) is 9.69 Å². The molecule has 5 nitrogen and oxygen atoms in total. The molecule has 1 aromatic carbocycles. The predicted molar refractivity (Wildman–Crippen MR) is 117 cm³/mol. The third-order valence-corrected chi connectivity index (χ3v) is 6.10. The normalized spacial score (nSPS) is 18.6. The summed E-state index contributed by atoms with van der Waals surface area (Å²) < 4.78 is 0. The van der Waals surface area contributed by atoms with E-state index < -0.39 is 0 Å². The smallest absolute Gasteiger partial charge is 0.257 e. The Morgan fingerprint density at radius 3 is 2.62 bits per heavy atom. The quantitative estimate of drug-likeness (QED) is 0.833. The van der Waals surface area contributed by atoms with Gasteiger partial charge in [0.05, 0.1) is 5.56 Å². The molecule has 4 rings (SSSR count). The minimum Gasteiger partial charge on any atom is -0.367 e. The van der Waals surface area contributed by atoms with Crippen LogP contribution in [0.3, 0.4) is 0 Å². The number of aryl methyl sites for hydroxylation is 1. The van der Waals surface area contributed by atoms with E-state index in [0.29, 0.717) is 6.04 Å². The zero-order valence-electron chi connectivity index (χ0n) is 17.4. The Bertz CT molecular complexity index is 823. The highest BCUT2D eigenvalue weighted by Gasteiger charge is 2.24. The van der Waals surface area contributed by atoms with Crippen LogP contribution in [0.2, 0.25) is 0 Å². The molecule has 0 atom stereocenters. The summed E-state index contributed by atoms with van der Waals surface area (Å²) in [4.78, 5) is 22.0. The molecule has 0 spiro atoms. The van der Waals surface area contributed by atoms with Gasteiger partial charge in [-0.15, -0.1) is 0 Å². The molecule has 2 aliphatic heterocycles. The monoisotopic (exact) mass is 392 g/mol. The molecular weight excluding hydrogens is 360 g/mol. The first-order valence-corrected chi connectivity index (χ1v) is 11.0. The Hall–Kier alpha value is -2.40. The number of amides is 1. The number of anilines is 1. The summed E-state index contributed by atoms with van der Waals surface area (Å²) in [6.45, 7) is 7.02. The van der Waals surface area contributed by atoms with Crippen LogP contribution in [0, 0.1) is 6.92 Å². The van der Waals surface area contributed by atoms with Gasteiger partial charge in [0.25, 0.3) is 5.91 Å². The number of benzene rings is 1. The van der Waals surface area contributed by atoms with Gasteiger partial charge in [0.2, 0.25) is 0 Å². The lowest BCUT2D eigenvalue weighted by Crippen LogP contribution is -2.40. The van der Waals surface area contributed by atoms with Crippen LogP contribution in [0.1, 0.15) is 53.6 Å². The first kappa shape index (κ1) is 19.9. The summed E-state index contributed by atoms with van der Waals surface area (Å²) in [5, 5.41) is 3.58. The molecule has 0 radical (unpaired) electrons. The predicted octanol–water partition coefficient (Wildman–Crippen LogP) is 4.09. The fourth-order valence-corrected chi connectivity index (χ4v) is 4.46. The number of likely N-dealkylation sites (tertiary alicyclic amines) is 2. The second-order valence-corrected chi connectivity index (χ2v) is 8.44. The Balaban J connectivity index is 1.34. The second kappa shape index (κ2) is 9.40. The summed E-state index contributed by atoms with van der Waals surface area (Å²) in [6, 6.07) is 12.9. The van der Waals surface area contributed by atoms with Gasteiger partial charge >= 0.3 is 0 Å². The minimum atomic E-state index is 0.122. The van der Waals surface area contributed by atoms with Gasteiger partial charge in [-0.05, 0) is 56.7 Å². The number of hydrogen-bond acceptors (Lipinski definition) is 4. The summed E-state index contributed by atoms with van der Waals surface area (Å²) in [7, 11) is 0. The van der Waals surface area contributed by atoms with Crippen LogP contribution in [0.4, 0.5) is 5.82 Å². The average molecular weight is 393 g/mol. The molecule has 3 heterocycles. The number of pyridine rings is 1. The van der Waals surface area contributed by atoms with E-state index in [0.717, 1.165) is 69.8 Å². The van der Waals surface area contributed by atoms with Crippen molar-refractivity contribution in [2.75, 3.05) is 31.5 Å². The van der Waals surface area contributed by atoms with Crippen molar-refractivity contribution < 1.29 is 4.79 Å². The maximum absolute atomic E-state index is 13.0. The molecule has 2 saturated heterocycles. The van der Waals surface area contributed by atoms with E-state index in [1.54, 1.807) is 6.20 Å². The Kier molecular flexibility index (Phi) is 6.45. The lowest BCUT2D eigenvalue weighted by atomic mass is 10.0. The van der Waals surface area contributed by atoms with Gasteiger partial charge in [-0.2, -0.15) is 0 Å². The van der Waals surface area contributed by atoms with E-state index in [1.165, 1.54) is 17.5 Å². The molecule has 2 aromatic rings. The van der Waals surface area contributed by atoms with Crippen LogP contribution in [0.5, 0.6) is 0 Å². The highest BCUT2D eigenvalue weighted by Crippen LogP contribution is 2.22. The first-order chi connectivity index (χ1) is 14.2. The largest absolute Gasteiger partial charge is 0.367 e. The molecule has 0 bridgehead atoms. The van der Waals surface area contributed by atoms with E-state index in [4.69, 9.17) is 0 Å². The van der Waals surface area contributed by atoms with Crippen LogP contribution in [0.25, 0.3) is 0 Å². The first-order valence-electron chi connectivity index (χ1n) is 11.0. The van der Waals surface area contributed by atoms with E-state index in [2.05, 4.69) is 46.4 Å². The number of nitrogens with zero attached hydrogens (tertiary/aromatic N) is 3. The number of piperidine rings is 2. The molecule has 2 aliphatic rings. The van der Waals surface area contributed by atoms with Crippen molar-refractivity contribution >= 4 is 11.7 Å². The summed E-state index contributed by atoms with van der Waals surface area (Å²) in [5.74, 6) is 0.873. The van der Waals surface area contributed by atoms with Gasteiger partial charge in [-0.25, -0.2) is 4.98 Å². The molecule has 0 saturated carbocycles. The molecule has 1 amide bonds. The van der Waals surface area contributed by atoms with Crippen molar-refractivity contribution in [3.63, 3.8) is 0 Å².